The molecule has 1 heterocycles. The molecule has 0 aliphatic rings. The molecule has 0 aliphatic heterocycles. The molecule has 4 aromatic rings. The van der Waals surface area contributed by atoms with Crippen molar-refractivity contribution in [3.8, 4) is 11.5 Å². The number of aromatic amines is 1. The Kier molecular flexibility index (Phi) is 7.28. The summed E-state index contributed by atoms with van der Waals surface area (Å²) in [5.41, 5.74) is 2.45. The number of H-pyrrole nitrogens is 1. The van der Waals surface area contributed by atoms with Crippen LogP contribution in [0.2, 0.25) is 0 Å². The molecule has 0 saturated carbocycles. The SMILES string of the molecule is CCOC(=O)C(C(=O)OCC)C(c1cccc(Oc2ccccc2)c1)c1c[nH]c2ccccc12. The third kappa shape index (κ3) is 4.96. The molecule has 6 heteroatoms. The fourth-order valence-corrected chi connectivity index (χ4v) is 4.13. The number of fused-ring (bicyclic) bond motifs is 1. The van der Waals surface area contributed by atoms with Crippen molar-refractivity contribution >= 4 is 22.8 Å². The van der Waals surface area contributed by atoms with Crippen molar-refractivity contribution in [1.82, 2.24) is 4.98 Å². The minimum Gasteiger partial charge on any atom is -0.465 e. The Balaban J connectivity index is 1.84. The van der Waals surface area contributed by atoms with E-state index in [4.69, 9.17) is 14.2 Å². The molecular formula is C28H27NO5. The molecule has 0 radical (unpaired) electrons. The summed E-state index contributed by atoms with van der Waals surface area (Å²) >= 11 is 0. The number of para-hydroxylation sites is 2. The summed E-state index contributed by atoms with van der Waals surface area (Å²) in [6.07, 6.45) is 1.84. The van der Waals surface area contributed by atoms with Crippen LogP contribution in [-0.4, -0.2) is 30.1 Å². The molecule has 3 aromatic carbocycles. The maximum absolute atomic E-state index is 13.1. The number of esters is 2. The zero-order valence-corrected chi connectivity index (χ0v) is 19.2. The van der Waals surface area contributed by atoms with Crippen LogP contribution in [0.1, 0.15) is 30.9 Å². The molecule has 0 amide bonds. The number of benzene rings is 3. The van der Waals surface area contributed by atoms with Crippen molar-refractivity contribution in [3.63, 3.8) is 0 Å². The average Bonchev–Trinajstić information content (AvgIpc) is 3.27. The first-order chi connectivity index (χ1) is 16.6. The van der Waals surface area contributed by atoms with Gasteiger partial charge in [-0.15, -0.1) is 0 Å². The van der Waals surface area contributed by atoms with Gasteiger partial charge in [-0.3, -0.25) is 9.59 Å². The molecule has 4 rings (SSSR count). The molecule has 1 atom stereocenters. The zero-order valence-electron chi connectivity index (χ0n) is 19.2. The van der Waals surface area contributed by atoms with Gasteiger partial charge in [0.2, 0.25) is 0 Å². The van der Waals surface area contributed by atoms with E-state index >= 15 is 0 Å². The number of ether oxygens (including phenoxy) is 3. The lowest BCUT2D eigenvalue weighted by atomic mass is 9.80. The summed E-state index contributed by atoms with van der Waals surface area (Å²) in [4.78, 5) is 29.5. The number of carbonyl (C=O) groups excluding carboxylic acids is 2. The van der Waals surface area contributed by atoms with E-state index in [-0.39, 0.29) is 13.2 Å². The van der Waals surface area contributed by atoms with Crippen LogP contribution in [0.25, 0.3) is 10.9 Å². The van der Waals surface area contributed by atoms with Gasteiger partial charge in [0.25, 0.3) is 0 Å². The summed E-state index contributed by atoms with van der Waals surface area (Å²) in [7, 11) is 0. The summed E-state index contributed by atoms with van der Waals surface area (Å²) in [6, 6.07) is 24.6. The van der Waals surface area contributed by atoms with Gasteiger partial charge in [-0.2, -0.15) is 0 Å². The Morgan fingerprint density at radius 2 is 1.44 bits per heavy atom. The van der Waals surface area contributed by atoms with E-state index in [1.807, 2.05) is 85.1 Å². The highest BCUT2D eigenvalue weighted by Crippen LogP contribution is 2.39. The molecule has 0 fully saturated rings. The highest BCUT2D eigenvalue weighted by atomic mass is 16.6. The maximum Gasteiger partial charge on any atom is 0.321 e. The van der Waals surface area contributed by atoms with Crippen molar-refractivity contribution in [2.45, 2.75) is 19.8 Å². The molecule has 0 aliphatic carbocycles. The summed E-state index contributed by atoms with van der Waals surface area (Å²) in [5, 5.41) is 0.917. The molecule has 34 heavy (non-hydrogen) atoms. The first kappa shape index (κ1) is 23.1. The number of nitrogens with one attached hydrogen (secondary N) is 1. The van der Waals surface area contributed by atoms with Gasteiger partial charge in [0.05, 0.1) is 13.2 Å². The lowest BCUT2D eigenvalue weighted by Gasteiger charge is -2.25. The van der Waals surface area contributed by atoms with E-state index in [1.54, 1.807) is 13.8 Å². The van der Waals surface area contributed by atoms with E-state index in [9.17, 15) is 9.59 Å². The van der Waals surface area contributed by atoms with E-state index in [0.29, 0.717) is 11.5 Å². The van der Waals surface area contributed by atoms with Gasteiger partial charge in [-0.1, -0.05) is 48.5 Å². The monoisotopic (exact) mass is 457 g/mol. The first-order valence-electron chi connectivity index (χ1n) is 11.3. The molecule has 6 nitrogen and oxygen atoms in total. The Bertz CT molecular complexity index is 1250. The number of rotatable bonds is 9. The Morgan fingerprint density at radius 3 is 2.15 bits per heavy atom. The van der Waals surface area contributed by atoms with Crippen molar-refractivity contribution in [2.75, 3.05) is 13.2 Å². The third-order valence-electron chi connectivity index (χ3n) is 5.57. The van der Waals surface area contributed by atoms with Crippen molar-refractivity contribution in [3.05, 3.63) is 96.2 Å². The van der Waals surface area contributed by atoms with Gasteiger partial charge < -0.3 is 19.2 Å². The van der Waals surface area contributed by atoms with E-state index < -0.39 is 23.8 Å². The van der Waals surface area contributed by atoms with Gasteiger partial charge in [0, 0.05) is 23.0 Å². The molecule has 1 N–H and O–H groups in total. The van der Waals surface area contributed by atoms with Crippen LogP contribution in [0.15, 0.2) is 85.1 Å². The molecule has 0 bridgehead atoms. The number of hydrogen-bond donors (Lipinski definition) is 1. The second kappa shape index (κ2) is 10.7. The maximum atomic E-state index is 13.1. The predicted molar refractivity (Wildman–Crippen MR) is 130 cm³/mol. The van der Waals surface area contributed by atoms with Crippen LogP contribution in [-0.2, 0) is 19.1 Å². The van der Waals surface area contributed by atoms with Crippen LogP contribution >= 0.6 is 0 Å². The number of hydrogen-bond acceptors (Lipinski definition) is 5. The number of carbonyl (C=O) groups is 2. The highest BCUT2D eigenvalue weighted by molar-refractivity contribution is 5.98. The van der Waals surface area contributed by atoms with Crippen LogP contribution in [0.5, 0.6) is 11.5 Å². The van der Waals surface area contributed by atoms with E-state index in [1.165, 1.54) is 0 Å². The second-order valence-corrected chi connectivity index (χ2v) is 7.74. The minimum atomic E-state index is -1.17. The van der Waals surface area contributed by atoms with Gasteiger partial charge in [-0.05, 0) is 55.3 Å². The minimum absolute atomic E-state index is 0.159. The van der Waals surface area contributed by atoms with Gasteiger partial charge in [0.1, 0.15) is 11.5 Å². The lowest BCUT2D eigenvalue weighted by Crippen LogP contribution is -2.34. The molecule has 0 spiro atoms. The standard InChI is InChI=1S/C28H27NO5/c1-3-32-27(30)26(28(31)33-4-2)25(23-18-29-24-16-9-8-15-22(23)24)19-11-10-14-21(17-19)34-20-12-6-5-7-13-20/h5-18,25-26,29H,3-4H2,1-2H3. The first-order valence-corrected chi connectivity index (χ1v) is 11.3. The second-order valence-electron chi connectivity index (χ2n) is 7.74. The van der Waals surface area contributed by atoms with Crippen molar-refractivity contribution < 1.29 is 23.8 Å². The predicted octanol–water partition coefficient (Wildman–Crippen LogP) is 5.83. The topological polar surface area (TPSA) is 77.6 Å². The summed E-state index contributed by atoms with van der Waals surface area (Å²) < 4.78 is 16.7. The fraction of sp³-hybridized carbons (Fsp3) is 0.214. The lowest BCUT2D eigenvalue weighted by molar-refractivity contribution is -0.162. The van der Waals surface area contributed by atoms with Gasteiger partial charge in [-0.25, -0.2) is 0 Å². The van der Waals surface area contributed by atoms with E-state index in [0.717, 1.165) is 22.0 Å². The summed E-state index contributed by atoms with van der Waals surface area (Å²) in [5.74, 6) is -1.77. The summed E-state index contributed by atoms with van der Waals surface area (Å²) in [6.45, 7) is 3.75. The smallest absolute Gasteiger partial charge is 0.321 e. The largest absolute Gasteiger partial charge is 0.465 e. The highest BCUT2D eigenvalue weighted by Gasteiger charge is 2.40. The van der Waals surface area contributed by atoms with Crippen molar-refractivity contribution in [1.29, 1.82) is 0 Å². The van der Waals surface area contributed by atoms with Crippen LogP contribution < -0.4 is 4.74 Å². The Morgan fingerprint density at radius 1 is 0.794 bits per heavy atom. The Labute approximate surface area is 198 Å². The van der Waals surface area contributed by atoms with E-state index in [2.05, 4.69) is 4.98 Å². The third-order valence-corrected chi connectivity index (χ3v) is 5.57. The molecule has 174 valence electrons. The average molecular weight is 458 g/mol. The molecular weight excluding hydrogens is 430 g/mol. The van der Waals surface area contributed by atoms with Crippen LogP contribution in [0.4, 0.5) is 0 Å². The van der Waals surface area contributed by atoms with Crippen molar-refractivity contribution in [2.24, 2.45) is 5.92 Å². The number of aromatic nitrogens is 1. The van der Waals surface area contributed by atoms with Gasteiger partial charge in [0.15, 0.2) is 5.92 Å². The normalized spacial score (nSPS) is 11.9. The molecule has 1 unspecified atom stereocenters. The van der Waals surface area contributed by atoms with Crippen LogP contribution in [0.3, 0.4) is 0 Å². The molecule has 1 aromatic heterocycles. The van der Waals surface area contributed by atoms with Crippen LogP contribution in [0, 0.1) is 5.92 Å². The molecule has 0 saturated heterocycles. The van der Waals surface area contributed by atoms with Gasteiger partial charge >= 0.3 is 11.9 Å². The Hall–Kier alpha value is -4.06. The quantitative estimate of drug-likeness (QED) is 0.253. The fourth-order valence-electron chi connectivity index (χ4n) is 4.13. The zero-order chi connectivity index (χ0) is 23.9.